The van der Waals surface area contributed by atoms with Crippen molar-refractivity contribution in [1.82, 2.24) is 5.32 Å². The largest absolute Gasteiger partial charge is 0.459 e. The van der Waals surface area contributed by atoms with Crippen LogP contribution in [0.3, 0.4) is 0 Å². The lowest BCUT2D eigenvalue weighted by molar-refractivity contribution is 0.245. The predicted octanol–water partition coefficient (Wildman–Crippen LogP) is 3.59. The fourth-order valence-corrected chi connectivity index (χ4v) is 2.67. The zero-order valence-electron chi connectivity index (χ0n) is 13.6. The molecule has 0 amide bonds. The highest BCUT2D eigenvalue weighted by Gasteiger charge is 2.37. The van der Waals surface area contributed by atoms with E-state index in [2.05, 4.69) is 39.2 Å². The predicted molar refractivity (Wildman–Crippen MR) is 88.9 cm³/mol. The molecule has 1 unspecified atom stereocenters. The molecule has 0 aliphatic carbocycles. The lowest BCUT2D eigenvalue weighted by atomic mass is 10.1. The van der Waals surface area contributed by atoms with Crippen LogP contribution in [-0.2, 0) is 11.0 Å². The van der Waals surface area contributed by atoms with Gasteiger partial charge in [0.1, 0.15) is 11.5 Å². The lowest BCUT2D eigenvalue weighted by Crippen LogP contribution is -2.40. The Morgan fingerprint density at radius 2 is 2.05 bits per heavy atom. The van der Waals surface area contributed by atoms with E-state index in [9.17, 15) is 0 Å². The third kappa shape index (κ3) is 3.87. The molecule has 0 fully saturated rings. The average Bonchev–Trinajstić information content (AvgIpc) is 2.85. The van der Waals surface area contributed by atoms with Gasteiger partial charge in [-0.15, -0.1) is 0 Å². The Labute approximate surface area is 128 Å². The summed E-state index contributed by atoms with van der Waals surface area (Å²) in [6.07, 6.45) is 5.63. The van der Waals surface area contributed by atoms with Crippen LogP contribution in [0, 0.1) is 0 Å². The molecule has 1 aliphatic rings. The van der Waals surface area contributed by atoms with E-state index in [0.29, 0.717) is 6.61 Å². The van der Waals surface area contributed by atoms with Crippen molar-refractivity contribution in [3.63, 3.8) is 0 Å². The highest BCUT2D eigenvalue weighted by molar-refractivity contribution is 6.74. The molecule has 0 radical (unpaired) electrons. The smallest absolute Gasteiger partial charge is 0.192 e. The first-order valence-corrected chi connectivity index (χ1v) is 10.2. The van der Waals surface area contributed by atoms with Crippen LogP contribution in [0.4, 0.5) is 0 Å². The van der Waals surface area contributed by atoms with Gasteiger partial charge in [-0.05, 0) is 36.3 Å². The Kier molecular flexibility index (Phi) is 4.46. The van der Waals surface area contributed by atoms with E-state index < -0.39 is 8.32 Å². The van der Waals surface area contributed by atoms with Gasteiger partial charge in [-0.2, -0.15) is 0 Å². The van der Waals surface area contributed by atoms with Crippen LogP contribution in [0.15, 0.2) is 34.9 Å². The van der Waals surface area contributed by atoms with Crippen LogP contribution in [0.25, 0.3) is 5.57 Å². The van der Waals surface area contributed by atoms with Crippen molar-refractivity contribution < 1.29 is 8.84 Å². The summed E-state index contributed by atoms with van der Waals surface area (Å²) in [5, 5.41) is 3.27. The molecule has 3 N–H and O–H groups in total. The molecule has 0 bridgehead atoms. The van der Waals surface area contributed by atoms with Crippen LogP contribution >= 0.6 is 0 Å². The number of dihydropyridines is 1. The van der Waals surface area contributed by atoms with E-state index >= 15 is 0 Å². The first-order valence-electron chi connectivity index (χ1n) is 7.32. The number of rotatable bonds is 4. The summed E-state index contributed by atoms with van der Waals surface area (Å²) in [6.45, 7) is 11.7. The Bertz CT molecular complexity index is 553. The van der Waals surface area contributed by atoms with Gasteiger partial charge in [0.25, 0.3) is 0 Å². The Hall–Kier alpha value is -1.30. The highest BCUT2D eigenvalue weighted by atomic mass is 28.4. The molecule has 1 aliphatic heterocycles. The molecule has 0 saturated carbocycles. The Balaban J connectivity index is 2.00. The number of hydrogen-bond donors (Lipinski definition) is 2. The zero-order chi connectivity index (χ0) is 15.7. The van der Waals surface area contributed by atoms with Crippen molar-refractivity contribution in [2.24, 2.45) is 5.73 Å². The third-order valence-electron chi connectivity index (χ3n) is 4.24. The first kappa shape index (κ1) is 16.1. The molecule has 1 aromatic rings. The quantitative estimate of drug-likeness (QED) is 0.835. The fourth-order valence-electron chi connectivity index (χ4n) is 1.73. The molecule has 1 aromatic heterocycles. The van der Waals surface area contributed by atoms with Crippen LogP contribution in [0.1, 0.15) is 32.3 Å². The normalized spacial score (nSPS) is 19.3. The van der Waals surface area contributed by atoms with Crippen molar-refractivity contribution >= 4 is 13.9 Å². The lowest BCUT2D eigenvalue weighted by Gasteiger charge is -2.35. The Morgan fingerprint density at radius 1 is 1.33 bits per heavy atom. The van der Waals surface area contributed by atoms with E-state index in [1.54, 1.807) is 0 Å². The highest BCUT2D eigenvalue weighted by Crippen LogP contribution is 2.37. The first-order chi connectivity index (χ1) is 9.69. The molecular formula is C16H26N2O2Si. The molecule has 4 nitrogen and oxygen atoms in total. The summed E-state index contributed by atoms with van der Waals surface area (Å²) < 4.78 is 12.0. The van der Waals surface area contributed by atoms with Gasteiger partial charge in [0.05, 0.1) is 12.8 Å². The van der Waals surface area contributed by atoms with Crippen molar-refractivity contribution in [3.05, 3.63) is 42.0 Å². The van der Waals surface area contributed by atoms with Gasteiger partial charge in [-0.3, -0.25) is 0 Å². The maximum atomic E-state index is 6.17. The van der Waals surface area contributed by atoms with Crippen LogP contribution in [-0.4, -0.2) is 14.5 Å². The van der Waals surface area contributed by atoms with Crippen LogP contribution < -0.4 is 11.1 Å². The zero-order valence-corrected chi connectivity index (χ0v) is 14.6. The Morgan fingerprint density at radius 3 is 2.62 bits per heavy atom. The standard InChI is InChI=1S/C16H26N2O2Si/c1-16(2,3)21(4,5)19-11-13-7-8-14(20-13)12-6-9-15(17)18-10-12/h6-10,15,18H,11,17H2,1-5H3. The SMILES string of the molecule is CC(C)(C)[Si](C)(C)OCc1ccc(C2=CNC(N)C=C2)o1. The number of nitrogens with one attached hydrogen (secondary N) is 1. The van der Waals surface area contributed by atoms with Gasteiger partial charge in [-0.1, -0.05) is 26.8 Å². The van der Waals surface area contributed by atoms with E-state index in [4.69, 9.17) is 14.6 Å². The third-order valence-corrected chi connectivity index (χ3v) is 8.72. The monoisotopic (exact) mass is 306 g/mol. The molecule has 1 atom stereocenters. The van der Waals surface area contributed by atoms with Crippen molar-refractivity contribution in [2.75, 3.05) is 0 Å². The van der Waals surface area contributed by atoms with E-state index in [1.807, 2.05) is 30.5 Å². The fraction of sp³-hybridized carbons (Fsp3) is 0.500. The second-order valence-corrected chi connectivity index (χ2v) is 11.8. The van der Waals surface area contributed by atoms with Gasteiger partial charge >= 0.3 is 0 Å². The second kappa shape index (κ2) is 5.83. The molecule has 2 rings (SSSR count). The van der Waals surface area contributed by atoms with Crippen molar-refractivity contribution in [3.8, 4) is 0 Å². The van der Waals surface area contributed by atoms with Crippen molar-refractivity contribution in [1.29, 1.82) is 0 Å². The average molecular weight is 306 g/mol. The molecule has 5 heteroatoms. The summed E-state index contributed by atoms with van der Waals surface area (Å²) in [5.74, 6) is 1.69. The summed E-state index contributed by atoms with van der Waals surface area (Å²) >= 11 is 0. The van der Waals surface area contributed by atoms with E-state index in [0.717, 1.165) is 17.1 Å². The maximum Gasteiger partial charge on any atom is 0.192 e. The van der Waals surface area contributed by atoms with E-state index in [1.165, 1.54) is 0 Å². The second-order valence-electron chi connectivity index (χ2n) is 6.97. The van der Waals surface area contributed by atoms with Gasteiger partial charge in [0, 0.05) is 11.8 Å². The minimum absolute atomic E-state index is 0.120. The van der Waals surface area contributed by atoms with E-state index in [-0.39, 0.29) is 11.2 Å². The van der Waals surface area contributed by atoms with Gasteiger partial charge in [0.2, 0.25) is 0 Å². The topological polar surface area (TPSA) is 60.4 Å². The number of nitrogens with two attached hydrogens (primary N) is 1. The minimum Gasteiger partial charge on any atom is -0.459 e. The van der Waals surface area contributed by atoms with Crippen LogP contribution in [0.5, 0.6) is 0 Å². The molecule has 0 saturated heterocycles. The molecule has 2 heterocycles. The molecule has 116 valence electrons. The van der Waals surface area contributed by atoms with Gasteiger partial charge in [0.15, 0.2) is 8.32 Å². The summed E-state index contributed by atoms with van der Waals surface area (Å²) in [5.41, 5.74) is 6.72. The minimum atomic E-state index is -1.74. The van der Waals surface area contributed by atoms with Crippen LogP contribution in [0.2, 0.25) is 18.1 Å². The number of allylic oxidation sites excluding steroid dienone is 2. The number of furan rings is 1. The number of hydrogen-bond acceptors (Lipinski definition) is 4. The van der Waals surface area contributed by atoms with Gasteiger partial charge < -0.3 is 19.9 Å². The van der Waals surface area contributed by atoms with Gasteiger partial charge in [-0.25, -0.2) is 0 Å². The summed E-state index contributed by atoms with van der Waals surface area (Å²) in [4.78, 5) is 0. The summed E-state index contributed by atoms with van der Waals surface area (Å²) in [6, 6.07) is 3.95. The molecular weight excluding hydrogens is 280 g/mol. The molecule has 21 heavy (non-hydrogen) atoms. The summed E-state index contributed by atoms with van der Waals surface area (Å²) in [7, 11) is -1.74. The molecule has 0 spiro atoms. The molecule has 0 aromatic carbocycles. The maximum absolute atomic E-state index is 6.17. The van der Waals surface area contributed by atoms with Crippen molar-refractivity contribution in [2.45, 2.75) is 51.7 Å².